The fourth-order valence-corrected chi connectivity index (χ4v) is 1.16. The molecule has 58 valence electrons. The maximum absolute atomic E-state index is 10.8. The number of rotatable bonds is 1. The molecule has 1 aliphatic carbocycles. The monoisotopic (exact) mass is 150 g/mol. The Bertz CT molecular complexity index is 246. The smallest absolute Gasteiger partial charge is 0.156 e. The van der Waals surface area contributed by atoms with Gasteiger partial charge in [-0.2, -0.15) is 0 Å². The lowest BCUT2D eigenvalue weighted by Crippen LogP contribution is -2.03. The molecule has 0 saturated heterocycles. The van der Waals surface area contributed by atoms with Gasteiger partial charge in [-0.15, -0.1) is 0 Å². The van der Waals surface area contributed by atoms with Crippen LogP contribution in [0, 0.1) is 0 Å². The summed E-state index contributed by atoms with van der Waals surface area (Å²) in [6, 6.07) is 0. The third-order valence-corrected chi connectivity index (χ3v) is 1.79. The molecule has 2 nitrogen and oxygen atoms in total. The van der Waals surface area contributed by atoms with Crippen molar-refractivity contribution in [1.82, 2.24) is 0 Å². The second kappa shape index (κ2) is 3.28. The van der Waals surface area contributed by atoms with Gasteiger partial charge >= 0.3 is 0 Å². The van der Waals surface area contributed by atoms with Crippen molar-refractivity contribution in [2.24, 2.45) is 0 Å². The quantitative estimate of drug-likeness (QED) is 0.418. The second-order valence-electron chi connectivity index (χ2n) is 2.62. The summed E-state index contributed by atoms with van der Waals surface area (Å²) in [5.74, 6) is 0.158. The molecule has 0 aromatic rings. The van der Waals surface area contributed by atoms with Crippen LogP contribution in [0.1, 0.15) is 19.8 Å². The average molecular weight is 150 g/mol. The molecule has 0 aliphatic heterocycles. The van der Waals surface area contributed by atoms with Crippen LogP contribution in [0.15, 0.2) is 23.3 Å². The molecule has 0 aromatic heterocycles. The van der Waals surface area contributed by atoms with E-state index < -0.39 is 0 Å². The zero-order chi connectivity index (χ0) is 8.27. The standard InChI is InChI=1S/C9H10O2/c1-7-6-9(11)3-2-8(7)4-5-10/h4-6H,2-3H2,1H3/b8-4-. The molecule has 0 amide bonds. The summed E-state index contributed by atoms with van der Waals surface area (Å²) in [5.41, 5.74) is 1.91. The van der Waals surface area contributed by atoms with Crippen LogP contribution < -0.4 is 0 Å². The first kappa shape index (κ1) is 7.92. The minimum atomic E-state index is 0.158. The van der Waals surface area contributed by atoms with E-state index in [-0.39, 0.29) is 5.78 Å². The molecule has 1 rings (SSSR count). The van der Waals surface area contributed by atoms with Gasteiger partial charge in [0.1, 0.15) is 6.29 Å². The van der Waals surface area contributed by atoms with Crippen LogP contribution in [0.3, 0.4) is 0 Å². The normalized spacial score (nSPS) is 21.7. The van der Waals surface area contributed by atoms with Gasteiger partial charge in [0.05, 0.1) is 0 Å². The fourth-order valence-electron chi connectivity index (χ4n) is 1.16. The van der Waals surface area contributed by atoms with Crippen molar-refractivity contribution in [1.29, 1.82) is 0 Å². The lowest BCUT2D eigenvalue weighted by Gasteiger charge is -2.10. The highest BCUT2D eigenvalue weighted by Gasteiger charge is 2.10. The number of hydrogen-bond donors (Lipinski definition) is 0. The first-order valence-corrected chi connectivity index (χ1v) is 3.60. The Kier molecular flexibility index (Phi) is 2.36. The van der Waals surface area contributed by atoms with Gasteiger partial charge < -0.3 is 0 Å². The summed E-state index contributed by atoms with van der Waals surface area (Å²) in [7, 11) is 0. The largest absolute Gasteiger partial charge is 0.299 e. The minimum Gasteiger partial charge on any atom is -0.299 e. The minimum absolute atomic E-state index is 0.158. The zero-order valence-corrected chi connectivity index (χ0v) is 6.46. The predicted octanol–water partition coefficient (Wildman–Crippen LogP) is 1.42. The summed E-state index contributed by atoms with van der Waals surface area (Å²) in [6.45, 7) is 1.85. The zero-order valence-electron chi connectivity index (χ0n) is 6.46. The van der Waals surface area contributed by atoms with Gasteiger partial charge in [0.15, 0.2) is 5.78 Å². The lowest BCUT2D eigenvalue weighted by atomic mass is 9.94. The molecular formula is C9H10O2. The average Bonchev–Trinajstić information content (AvgIpc) is 1.95. The van der Waals surface area contributed by atoms with E-state index in [2.05, 4.69) is 0 Å². The van der Waals surface area contributed by atoms with Gasteiger partial charge in [-0.1, -0.05) is 0 Å². The van der Waals surface area contributed by atoms with Crippen LogP contribution >= 0.6 is 0 Å². The summed E-state index contributed by atoms with van der Waals surface area (Å²) in [4.78, 5) is 20.9. The molecule has 0 spiro atoms. The van der Waals surface area contributed by atoms with Crippen molar-refractivity contribution in [3.63, 3.8) is 0 Å². The third-order valence-electron chi connectivity index (χ3n) is 1.79. The van der Waals surface area contributed by atoms with Crippen molar-refractivity contribution in [3.05, 3.63) is 23.3 Å². The van der Waals surface area contributed by atoms with E-state index in [9.17, 15) is 9.59 Å². The molecule has 0 aromatic carbocycles. The van der Waals surface area contributed by atoms with Crippen molar-refractivity contribution in [2.75, 3.05) is 0 Å². The number of carbonyl (C=O) groups excluding carboxylic acids is 2. The molecule has 0 atom stereocenters. The van der Waals surface area contributed by atoms with E-state index in [4.69, 9.17) is 0 Å². The maximum atomic E-state index is 10.8. The van der Waals surface area contributed by atoms with Gasteiger partial charge in [-0.05, 0) is 36.6 Å². The second-order valence-corrected chi connectivity index (χ2v) is 2.62. The molecule has 0 bridgehead atoms. The topological polar surface area (TPSA) is 34.1 Å². The SMILES string of the molecule is CC1=CC(=O)CC/C1=C/C=O. The van der Waals surface area contributed by atoms with Crippen LogP contribution in [-0.4, -0.2) is 12.1 Å². The Morgan fingerprint density at radius 1 is 1.45 bits per heavy atom. The Balaban J connectivity index is 2.88. The molecule has 1 aliphatic rings. The Morgan fingerprint density at radius 3 is 2.73 bits per heavy atom. The Labute approximate surface area is 65.6 Å². The molecular weight excluding hydrogens is 140 g/mol. The predicted molar refractivity (Wildman–Crippen MR) is 42.1 cm³/mol. The van der Waals surface area contributed by atoms with Crippen LogP contribution in [-0.2, 0) is 9.59 Å². The van der Waals surface area contributed by atoms with E-state index in [0.29, 0.717) is 12.8 Å². The first-order valence-electron chi connectivity index (χ1n) is 3.60. The molecule has 11 heavy (non-hydrogen) atoms. The number of aldehydes is 1. The number of ketones is 1. The van der Waals surface area contributed by atoms with Crippen molar-refractivity contribution >= 4 is 12.1 Å². The van der Waals surface area contributed by atoms with Crippen LogP contribution in [0.25, 0.3) is 0 Å². The summed E-state index contributed by atoms with van der Waals surface area (Å²) >= 11 is 0. The van der Waals surface area contributed by atoms with E-state index in [1.807, 2.05) is 6.92 Å². The maximum Gasteiger partial charge on any atom is 0.156 e. The van der Waals surface area contributed by atoms with Crippen molar-refractivity contribution < 1.29 is 9.59 Å². The fraction of sp³-hybridized carbons (Fsp3) is 0.333. The number of carbonyl (C=O) groups is 2. The van der Waals surface area contributed by atoms with E-state index >= 15 is 0 Å². The highest BCUT2D eigenvalue weighted by Crippen LogP contribution is 2.20. The molecule has 0 radical (unpaired) electrons. The summed E-state index contributed by atoms with van der Waals surface area (Å²) < 4.78 is 0. The van der Waals surface area contributed by atoms with Gasteiger partial charge in [0, 0.05) is 6.42 Å². The molecule has 0 N–H and O–H groups in total. The summed E-state index contributed by atoms with van der Waals surface area (Å²) in [6.07, 6.45) is 5.14. The van der Waals surface area contributed by atoms with E-state index in [1.165, 1.54) is 6.08 Å². The van der Waals surface area contributed by atoms with Gasteiger partial charge in [0.25, 0.3) is 0 Å². The van der Waals surface area contributed by atoms with Crippen molar-refractivity contribution in [3.8, 4) is 0 Å². The van der Waals surface area contributed by atoms with Crippen molar-refractivity contribution in [2.45, 2.75) is 19.8 Å². The van der Waals surface area contributed by atoms with Gasteiger partial charge in [-0.25, -0.2) is 0 Å². The molecule has 0 fully saturated rings. The molecule has 0 saturated carbocycles. The van der Waals surface area contributed by atoms with Crippen LogP contribution in [0.2, 0.25) is 0 Å². The molecule has 0 unspecified atom stereocenters. The highest BCUT2D eigenvalue weighted by atomic mass is 16.1. The van der Waals surface area contributed by atoms with Crippen LogP contribution in [0.4, 0.5) is 0 Å². The van der Waals surface area contributed by atoms with Gasteiger partial charge in [0.2, 0.25) is 0 Å². The van der Waals surface area contributed by atoms with E-state index in [1.54, 1.807) is 6.08 Å². The molecule has 0 heterocycles. The Morgan fingerprint density at radius 2 is 2.18 bits per heavy atom. The van der Waals surface area contributed by atoms with Crippen LogP contribution in [0.5, 0.6) is 0 Å². The number of hydrogen-bond acceptors (Lipinski definition) is 2. The number of allylic oxidation sites excluding steroid dienone is 4. The third kappa shape index (κ3) is 1.87. The molecule has 2 heteroatoms. The van der Waals surface area contributed by atoms with E-state index in [0.717, 1.165) is 17.4 Å². The first-order chi connectivity index (χ1) is 5.24. The Hall–Kier alpha value is -1.18. The van der Waals surface area contributed by atoms with Gasteiger partial charge in [-0.3, -0.25) is 9.59 Å². The lowest BCUT2D eigenvalue weighted by molar-refractivity contribution is -0.114. The summed E-state index contributed by atoms with van der Waals surface area (Å²) in [5, 5.41) is 0. The highest BCUT2D eigenvalue weighted by molar-refractivity contribution is 5.93.